The van der Waals surface area contributed by atoms with Gasteiger partial charge >= 0.3 is 17.8 Å². The molecule has 8 nitrogen and oxygen atoms in total. The Balaban J connectivity index is 2.60. The molecule has 0 fully saturated rings. The molecule has 134 valence electrons. The zero-order valence-electron chi connectivity index (χ0n) is 13.0. The number of aromatic nitrogens is 4. The van der Waals surface area contributed by atoms with Crippen LogP contribution in [-0.2, 0) is 6.18 Å². The van der Waals surface area contributed by atoms with Crippen LogP contribution in [0.2, 0.25) is 0 Å². The van der Waals surface area contributed by atoms with Gasteiger partial charge in [-0.05, 0) is 25.1 Å². The van der Waals surface area contributed by atoms with Crippen molar-refractivity contribution in [2.45, 2.75) is 13.1 Å². The highest BCUT2D eigenvalue weighted by molar-refractivity contribution is 6.01. The van der Waals surface area contributed by atoms with Crippen LogP contribution in [0.4, 0.5) is 13.2 Å². The number of H-pyrrole nitrogens is 1. The molecule has 2 N–H and O–H groups in total. The minimum Gasteiger partial charge on any atom is -0.478 e. The van der Waals surface area contributed by atoms with Gasteiger partial charge in [0.15, 0.2) is 5.65 Å². The van der Waals surface area contributed by atoms with Gasteiger partial charge in [-0.3, -0.25) is 14.8 Å². The molecule has 0 aromatic carbocycles. The Morgan fingerprint density at radius 3 is 2.58 bits per heavy atom. The molecule has 0 saturated heterocycles. The largest absolute Gasteiger partial charge is 0.478 e. The van der Waals surface area contributed by atoms with E-state index >= 15 is 0 Å². The quantitative estimate of drug-likeness (QED) is 0.710. The zero-order chi connectivity index (χ0) is 19.2. The van der Waals surface area contributed by atoms with E-state index in [1.807, 2.05) is 4.98 Å². The van der Waals surface area contributed by atoms with Crippen molar-refractivity contribution in [2.24, 2.45) is 0 Å². The summed E-state index contributed by atoms with van der Waals surface area (Å²) in [5.74, 6) is -1.76. The fourth-order valence-corrected chi connectivity index (χ4v) is 2.48. The van der Waals surface area contributed by atoms with Gasteiger partial charge in [-0.2, -0.15) is 13.2 Å². The van der Waals surface area contributed by atoms with Crippen LogP contribution in [0.1, 0.15) is 21.7 Å². The maximum atomic E-state index is 13.1. The molecule has 0 saturated carbocycles. The van der Waals surface area contributed by atoms with E-state index in [4.69, 9.17) is 0 Å². The molecule has 0 bridgehead atoms. The highest BCUT2D eigenvalue weighted by Crippen LogP contribution is 2.30. The summed E-state index contributed by atoms with van der Waals surface area (Å²) in [4.78, 5) is 44.9. The Bertz CT molecular complexity index is 1160. The van der Waals surface area contributed by atoms with E-state index in [0.29, 0.717) is 4.57 Å². The van der Waals surface area contributed by atoms with Crippen LogP contribution in [0, 0.1) is 6.92 Å². The molecule has 11 heteroatoms. The van der Waals surface area contributed by atoms with Gasteiger partial charge < -0.3 is 5.11 Å². The van der Waals surface area contributed by atoms with Crippen LogP contribution in [0.3, 0.4) is 0 Å². The molecular formula is C15H9F3N4O4. The van der Waals surface area contributed by atoms with Crippen LogP contribution in [0.5, 0.6) is 0 Å². The van der Waals surface area contributed by atoms with Gasteiger partial charge in [0, 0.05) is 6.20 Å². The van der Waals surface area contributed by atoms with Gasteiger partial charge in [-0.25, -0.2) is 19.1 Å². The molecule has 3 aromatic heterocycles. The highest BCUT2D eigenvalue weighted by Gasteiger charge is 2.35. The number of pyridine rings is 2. The topological polar surface area (TPSA) is 118 Å². The Hall–Kier alpha value is -3.50. The molecule has 0 unspecified atom stereocenters. The molecule has 0 amide bonds. The number of rotatable bonds is 2. The number of aromatic amines is 1. The monoisotopic (exact) mass is 366 g/mol. The standard InChI is InChI=1S/C15H9F3N4O4/c1-6-8(3-2-4-19-6)22-11-10(12(23)21-14(22)26)7(13(24)25)5-9(20-11)15(16,17)18/h2-5H,1H3,(H,24,25)(H,21,23,26). The van der Waals surface area contributed by atoms with Crippen molar-refractivity contribution in [2.75, 3.05) is 0 Å². The second-order valence-corrected chi connectivity index (χ2v) is 5.26. The van der Waals surface area contributed by atoms with Crippen molar-refractivity contribution in [1.82, 2.24) is 19.5 Å². The van der Waals surface area contributed by atoms with E-state index < -0.39 is 45.7 Å². The molecule has 0 atom stereocenters. The number of hydrogen-bond donors (Lipinski definition) is 2. The Morgan fingerprint density at radius 1 is 1.31 bits per heavy atom. The van der Waals surface area contributed by atoms with Gasteiger partial charge in [0.25, 0.3) is 5.56 Å². The molecule has 3 heterocycles. The number of aromatic carboxylic acids is 1. The number of alkyl halides is 3. The second-order valence-electron chi connectivity index (χ2n) is 5.26. The maximum absolute atomic E-state index is 13.1. The third-order valence-electron chi connectivity index (χ3n) is 3.60. The molecule has 0 spiro atoms. The number of carbonyl (C=O) groups is 1. The van der Waals surface area contributed by atoms with Crippen LogP contribution in [0.15, 0.2) is 34.0 Å². The van der Waals surface area contributed by atoms with Crippen molar-refractivity contribution < 1.29 is 23.1 Å². The Labute approximate surface area is 141 Å². The van der Waals surface area contributed by atoms with Gasteiger partial charge in [0.05, 0.1) is 22.3 Å². The predicted octanol–water partition coefficient (Wildman–Crippen LogP) is 1.49. The number of nitrogens with zero attached hydrogens (tertiary/aromatic N) is 3. The first-order chi connectivity index (χ1) is 12.1. The van der Waals surface area contributed by atoms with Crippen LogP contribution >= 0.6 is 0 Å². The fourth-order valence-electron chi connectivity index (χ4n) is 2.48. The summed E-state index contributed by atoms with van der Waals surface area (Å²) in [6, 6.07) is 3.06. The summed E-state index contributed by atoms with van der Waals surface area (Å²) >= 11 is 0. The smallest absolute Gasteiger partial charge is 0.433 e. The number of nitrogens with one attached hydrogen (secondary N) is 1. The number of carboxylic acid groups (broad SMARTS) is 1. The van der Waals surface area contributed by atoms with E-state index in [-0.39, 0.29) is 17.4 Å². The van der Waals surface area contributed by atoms with Gasteiger partial charge in [0.1, 0.15) is 5.69 Å². The SMILES string of the molecule is Cc1ncccc1-n1c(=O)[nH]c(=O)c2c(C(=O)O)cc(C(F)(F)F)nc21. The number of halogens is 3. The van der Waals surface area contributed by atoms with E-state index in [9.17, 15) is 32.7 Å². The number of hydrogen-bond acceptors (Lipinski definition) is 5. The van der Waals surface area contributed by atoms with Crippen molar-refractivity contribution in [3.8, 4) is 5.69 Å². The van der Waals surface area contributed by atoms with E-state index in [2.05, 4.69) is 9.97 Å². The minimum absolute atomic E-state index is 0.0573. The predicted molar refractivity (Wildman–Crippen MR) is 82.5 cm³/mol. The van der Waals surface area contributed by atoms with E-state index in [1.54, 1.807) is 0 Å². The average Bonchev–Trinajstić information content (AvgIpc) is 2.54. The van der Waals surface area contributed by atoms with Gasteiger partial charge in [-0.1, -0.05) is 0 Å². The first-order valence-electron chi connectivity index (χ1n) is 7.04. The number of aryl methyl sites for hydroxylation is 1. The molecule has 3 rings (SSSR count). The summed E-state index contributed by atoms with van der Waals surface area (Å²) in [5.41, 5.74) is -5.08. The lowest BCUT2D eigenvalue weighted by Crippen LogP contribution is -2.32. The molecule has 3 aromatic rings. The van der Waals surface area contributed by atoms with Crippen molar-refractivity contribution in [3.63, 3.8) is 0 Å². The van der Waals surface area contributed by atoms with Crippen molar-refractivity contribution in [1.29, 1.82) is 0 Å². The first-order valence-corrected chi connectivity index (χ1v) is 7.04. The van der Waals surface area contributed by atoms with Crippen LogP contribution < -0.4 is 11.2 Å². The normalized spacial score (nSPS) is 11.7. The third kappa shape index (κ3) is 2.72. The molecule has 0 aliphatic carbocycles. The zero-order valence-corrected chi connectivity index (χ0v) is 13.0. The fraction of sp³-hybridized carbons (Fsp3) is 0.133. The molecule has 0 aliphatic heterocycles. The lowest BCUT2D eigenvalue weighted by molar-refractivity contribution is -0.141. The summed E-state index contributed by atoms with van der Waals surface area (Å²) in [6.07, 6.45) is -3.58. The van der Waals surface area contributed by atoms with Crippen molar-refractivity contribution in [3.05, 3.63) is 62.2 Å². The lowest BCUT2D eigenvalue weighted by Gasteiger charge is -2.14. The first kappa shape index (κ1) is 17.3. The lowest BCUT2D eigenvalue weighted by atomic mass is 10.1. The summed E-state index contributed by atoms with van der Waals surface area (Å²) in [6.45, 7) is 1.49. The molecule has 26 heavy (non-hydrogen) atoms. The summed E-state index contributed by atoms with van der Waals surface area (Å²) in [7, 11) is 0. The Kier molecular flexibility index (Phi) is 3.86. The van der Waals surface area contributed by atoms with Crippen molar-refractivity contribution >= 4 is 17.0 Å². The minimum atomic E-state index is -4.98. The molecule has 0 radical (unpaired) electrons. The third-order valence-corrected chi connectivity index (χ3v) is 3.60. The molecule has 0 aliphatic rings. The van der Waals surface area contributed by atoms with Gasteiger partial charge in [0.2, 0.25) is 0 Å². The average molecular weight is 366 g/mol. The highest BCUT2D eigenvalue weighted by atomic mass is 19.4. The van der Waals surface area contributed by atoms with Crippen LogP contribution in [-0.4, -0.2) is 30.6 Å². The molecular weight excluding hydrogens is 357 g/mol. The summed E-state index contributed by atoms with van der Waals surface area (Å²) < 4.78 is 40.1. The Morgan fingerprint density at radius 2 is 2.00 bits per heavy atom. The number of fused-ring (bicyclic) bond motifs is 1. The maximum Gasteiger partial charge on any atom is 0.433 e. The van der Waals surface area contributed by atoms with Gasteiger partial charge in [-0.15, -0.1) is 0 Å². The van der Waals surface area contributed by atoms with E-state index in [0.717, 1.165) is 0 Å². The second kappa shape index (κ2) is 5.79. The number of carboxylic acids is 1. The summed E-state index contributed by atoms with van der Waals surface area (Å²) in [5, 5.41) is 8.59. The van der Waals surface area contributed by atoms with E-state index in [1.165, 1.54) is 25.3 Å². The van der Waals surface area contributed by atoms with Crippen LogP contribution in [0.25, 0.3) is 16.7 Å².